The SMILES string of the molecule is CC(c1cccs1)N(C)c1nc2ccccc2cc1CCl. The van der Waals surface area contributed by atoms with Gasteiger partial charge in [0.25, 0.3) is 0 Å². The molecule has 0 N–H and O–H groups in total. The molecule has 1 atom stereocenters. The van der Waals surface area contributed by atoms with Gasteiger partial charge in [0.1, 0.15) is 5.82 Å². The van der Waals surface area contributed by atoms with E-state index in [1.54, 1.807) is 11.3 Å². The summed E-state index contributed by atoms with van der Waals surface area (Å²) >= 11 is 7.91. The molecule has 108 valence electrons. The summed E-state index contributed by atoms with van der Waals surface area (Å²) in [5, 5.41) is 3.24. The minimum Gasteiger partial charge on any atom is -0.352 e. The number of hydrogen-bond acceptors (Lipinski definition) is 3. The van der Waals surface area contributed by atoms with Gasteiger partial charge in [0.05, 0.1) is 17.4 Å². The fourth-order valence-electron chi connectivity index (χ4n) is 2.46. The van der Waals surface area contributed by atoms with E-state index in [9.17, 15) is 0 Å². The standard InChI is InChI=1S/C17H17ClN2S/c1-12(16-8-5-9-21-16)20(2)17-14(11-18)10-13-6-3-4-7-15(13)19-17/h3-10,12H,11H2,1-2H3. The van der Waals surface area contributed by atoms with Crippen LogP contribution in [0.4, 0.5) is 5.82 Å². The predicted molar refractivity (Wildman–Crippen MR) is 92.4 cm³/mol. The van der Waals surface area contributed by atoms with Gasteiger partial charge in [-0.1, -0.05) is 24.3 Å². The first-order valence-electron chi connectivity index (χ1n) is 6.91. The number of para-hydroxylation sites is 1. The average Bonchev–Trinajstić information content (AvgIpc) is 3.06. The Balaban J connectivity index is 2.05. The Bertz CT molecular complexity index is 740. The molecule has 4 heteroatoms. The van der Waals surface area contributed by atoms with Gasteiger partial charge >= 0.3 is 0 Å². The number of aromatic nitrogens is 1. The van der Waals surface area contributed by atoms with Crippen molar-refractivity contribution in [3.05, 3.63) is 58.3 Å². The number of anilines is 1. The van der Waals surface area contributed by atoms with Gasteiger partial charge in [0.15, 0.2) is 0 Å². The summed E-state index contributed by atoms with van der Waals surface area (Å²) < 4.78 is 0. The number of hydrogen-bond donors (Lipinski definition) is 0. The molecule has 2 aromatic heterocycles. The molecule has 0 aliphatic carbocycles. The molecule has 21 heavy (non-hydrogen) atoms. The van der Waals surface area contributed by atoms with Crippen molar-refractivity contribution in [3.8, 4) is 0 Å². The Labute approximate surface area is 134 Å². The van der Waals surface area contributed by atoms with Gasteiger partial charge in [0.2, 0.25) is 0 Å². The molecule has 2 heterocycles. The number of fused-ring (bicyclic) bond motifs is 1. The van der Waals surface area contributed by atoms with Crippen molar-refractivity contribution in [1.29, 1.82) is 0 Å². The zero-order chi connectivity index (χ0) is 14.8. The first kappa shape index (κ1) is 14.4. The Hall–Kier alpha value is -1.58. The van der Waals surface area contributed by atoms with E-state index in [1.807, 2.05) is 18.2 Å². The summed E-state index contributed by atoms with van der Waals surface area (Å²) in [5.41, 5.74) is 2.08. The second kappa shape index (κ2) is 6.04. The average molecular weight is 317 g/mol. The molecule has 0 fully saturated rings. The summed E-state index contributed by atoms with van der Waals surface area (Å²) in [7, 11) is 2.08. The monoisotopic (exact) mass is 316 g/mol. The third kappa shape index (κ3) is 2.76. The van der Waals surface area contributed by atoms with Crippen LogP contribution < -0.4 is 4.90 Å². The smallest absolute Gasteiger partial charge is 0.133 e. The van der Waals surface area contributed by atoms with E-state index in [-0.39, 0.29) is 6.04 Å². The van der Waals surface area contributed by atoms with Crippen LogP contribution in [0.15, 0.2) is 47.8 Å². The van der Waals surface area contributed by atoms with Crippen molar-refractivity contribution in [2.24, 2.45) is 0 Å². The number of rotatable bonds is 4. The lowest BCUT2D eigenvalue weighted by Crippen LogP contribution is -2.23. The van der Waals surface area contributed by atoms with E-state index in [4.69, 9.17) is 16.6 Å². The lowest BCUT2D eigenvalue weighted by molar-refractivity contribution is 0.740. The second-order valence-electron chi connectivity index (χ2n) is 5.10. The molecule has 1 aromatic carbocycles. The first-order chi connectivity index (χ1) is 10.2. The fourth-order valence-corrected chi connectivity index (χ4v) is 3.48. The molecule has 3 rings (SSSR count). The van der Waals surface area contributed by atoms with Crippen LogP contribution in [0, 0.1) is 0 Å². The van der Waals surface area contributed by atoms with E-state index in [0.29, 0.717) is 5.88 Å². The number of alkyl halides is 1. The van der Waals surface area contributed by atoms with Crippen LogP contribution in [0.25, 0.3) is 10.9 Å². The van der Waals surface area contributed by atoms with Gasteiger partial charge in [0, 0.05) is 22.9 Å². The van der Waals surface area contributed by atoms with Crippen LogP contribution in [-0.2, 0) is 5.88 Å². The summed E-state index contributed by atoms with van der Waals surface area (Å²) in [4.78, 5) is 8.35. The molecule has 0 amide bonds. The molecule has 1 unspecified atom stereocenters. The summed E-state index contributed by atoms with van der Waals surface area (Å²) in [6.07, 6.45) is 0. The van der Waals surface area contributed by atoms with E-state index in [1.165, 1.54) is 4.88 Å². The Kier molecular flexibility index (Phi) is 4.13. The highest BCUT2D eigenvalue weighted by atomic mass is 35.5. The van der Waals surface area contributed by atoms with E-state index in [0.717, 1.165) is 22.3 Å². The number of nitrogens with zero attached hydrogens (tertiary/aromatic N) is 2. The maximum Gasteiger partial charge on any atom is 0.133 e. The quantitative estimate of drug-likeness (QED) is 0.612. The zero-order valence-corrected chi connectivity index (χ0v) is 13.7. The summed E-state index contributed by atoms with van der Waals surface area (Å²) in [6.45, 7) is 2.20. The molecule has 0 bridgehead atoms. The van der Waals surface area contributed by atoms with Crippen molar-refractivity contribution in [3.63, 3.8) is 0 Å². The molecular formula is C17H17ClN2S. The third-order valence-corrected chi connectivity index (χ3v) is 5.12. The van der Waals surface area contributed by atoms with Crippen molar-refractivity contribution in [2.75, 3.05) is 11.9 Å². The lowest BCUT2D eigenvalue weighted by atomic mass is 10.1. The van der Waals surface area contributed by atoms with Gasteiger partial charge in [-0.05, 0) is 30.5 Å². The highest BCUT2D eigenvalue weighted by molar-refractivity contribution is 7.10. The molecule has 0 saturated carbocycles. The van der Waals surface area contributed by atoms with E-state index >= 15 is 0 Å². The molecular weight excluding hydrogens is 300 g/mol. The van der Waals surface area contributed by atoms with Crippen molar-refractivity contribution >= 4 is 39.7 Å². The second-order valence-corrected chi connectivity index (χ2v) is 6.35. The van der Waals surface area contributed by atoms with Crippen molar-refractivity contribution < 1.29 is 0 Å². The highest BCUT2D eigenvalue weighted by Crippen LogP contribution is 2.31. The highest BCUT2D eigenvalue weighted by Gasteiger charge is 2.17. The maximum absolute atomic E-state index is 6.14. The number of pyridine rings is 1. The van der Waals surface area contributed by atoms with Crippen LogP contribution in [0.2, 0.25) is 0 Å². The van der Waals surface area contributed by atoms with Crippen LogP contribution in [-0.4, -0.2) is 12.0 Å². The molecule has 0 spiro atoms. The Morgan fingerprint density at radius 1 is 1.24 bits per heavy atom. The molecule has 2 nitrogen and oxygen atoms in total. The number of halogens is 1. The fraction of sp³-hybridized carbons (Fsp3) is 0.235. The summed E-state index contributed by atoms with van der Waals surface area (Å²) in [5.74, 6) is 1.43. The van der Waals surface area contributed by atoms with Crippen molar-refractivity contribution in [2.45, 2.75) is 18.8 Å². The number of thiophene rings is 1. The van der Waals surface area contributed by atoms with Crippen LogP contribution in [0.3, 0.4) is 0 Å². The molecule has 0 aliphatic rings. The normalized spacial score (nSPS) is 12.5. The molecule has 0 saturated heterocycles. The first-order valence-corrected chi connectivity index (χ1v) is 8.33. The summed E-state index contributed by atoms with van der Waals surface area (Å²) in [6, 6.07) is 14.8. The van der Waals surface area contributed by atoms with Gasteiger partial charge in [-0.3, -0.25) is 0 Å². The van der Waals surface area contributed by atoms with Crippen LogP contribution in [0.1, 0.15) is 23.4 Å². The minimum absolute atomic E-state index is 0.278. The zero-order valence-electron chi connectivity index (χ0n) is 12.1. The van der Waals surface area contributed by atoms with E-state index < -0.39 is 0 Å². The van der Waals surface area contributed by atoms with Crippen LogP contribution >= 0.6 is 22.9 Å². The van der Waals surface area contributed by atoms with Gasteiger partial charge in [-0.15, -0.1) is 22.9 Å². The predicted octanol–water partition coefficient (Wildman–Crippen LogP) is 5.23. The molecule has 0 aliphatic heterocycles. The largest absolute Gasteiger partial charge is 0.352 e. The van der Waals surface area contributed by atoms with Crippen LogP contribution in [0.5, 0.6) is 0 Å². The maximum atomic E-state index is 6.14. The topological polar surface area (TPSA) is 16.1 Å². The molecule has 3 aromatic rings. The van der Waals surface area contributed by atoms with Crippen molar-refractivity contribution in [1.82, 2.24) is 4.98 Å². The van der Waals surface area contributed by atoms with E-state index in [2.05, 4.69) is 48.5 Å². The number of benzene rings is 1. The minimum atomic E-state index is 0.278. The van der Waals surface area contributed by atoms with Gasteiger partial charge in [-0.2, -0.15) is 0 Å². The van der Waals surface area contributed by atoms with Gasteiger partial charge in [-0.25, -0.2) is 4.98 Å². The Morgan fingerprint density at radius 2 is 2.05 bits per heavy atom. The van der Waals surface area contributed by atoms with Gasteiger partial charge < -0.3 is 4.90 Å². The Morgan fingerprint density at radius 3 is 2.76 bits per heavy atom. The third-order valence-electron chi connectivity index (χ3n) is 3.79. The lowest BCUT2D eigenvalue weighted by Gasteiger charge is -2.27. The molecule has 0 radical (unpaired) electrons.